The van der Waals surface area contributed by atoms with Gasteiger partial charge in [0.25, 0.3) is 0 Å². The van der Waals surface area contributed by atoms with Gasteiger partial charge in [0.2, 0.25) is 15.9 Å². The molecule has 3 aromatic rings. The predicted octanol–water partition coefficient (Wildman–Crippen LogP) is 4.85. The van der Waals surface area contributed by atoms with E-state index in [9.17, 15) is 13.2 Å². The molecule has 0 saturated heterocycles. The average Bonchev–Trinajstić information content (AvgIpc) is 2.78. The smallest absolute Gasteiger partial charge is 0.242 e. The summed E-state index contributed by atoms with van der Waals surface area (Å²) in [7, 11) is -3.53. The van der Waals surface area contributed by atoms with Gasteiger partial charge in [0.05, 0.1) is 4.90 Å². The molecule has 156 valence electrons. The van der Waals surface area contributed by atoms with Gasteiger partial charge in [0.1, 0.15) is 5.25 Å². The number of thioether (sulfide) groups is 1. The molecule has 0 heterocycles. The number of anilines is 1. The first-order valence-corrected chi connectivity index (χ1v) is 12.0. The molecular weight excluding hydrogens is 416 g/mol. The molecular formula is C23H24N2O3S2. The first-order valence-electron chi connectivity index (χ1n) is 9.67. The Bertz CT molecular complexity index is 1050. The zero-order chi connectivity index (χ0) is 21.4. The number of sulfonamides is 1. The lowest BCUT2D eigenvalue weighted by molar-refractivity contribution is -0.115. The largest absolute Gasteiger partial charge is 0.325 e. The summed E-state index contributed by atoms with van der Waals surface area (Å²) in [5.41, 5.74) is 1.44. The number of hydrogen-bond donors (Lipinski definition) is 2. The van der Waals surface area contributed by atoms with Crippen LogP contribution in [0.15, 0.2) is 94.7 Å². The maximum absolute atomic E-state index is 13.1. The number of amides is 1. The molecule has 0 saturated carbocycles. The summed E-state index contributed by atoms with van der Waals surface area (Å²) >= 11 is 1.47. The molecule has 0 fully saturated rings. The summed E-state index contributed by atoms with van der Waals surface area (Å²) in [6, 6.07) is 25.5. The van der Waals surface area contributed by atoms with Crippen LogP contribution < -0.4 is 10.0 Å². The maximum Gasteiger partial charge on any atom is 0.242 e. The molecule has 3 rings (SSSR count). The van der Waals surface area contributed by atoms with Gasteiger partial charge in [-0.25, -0.2) is 13.1 Å². The summed E-state index contributed by atoms with van der Waals surface area (Å²) in [5, 5.41) is 2.47. The van der Waals surface area contributed by atoms with Gasteiger partial charge < -0.3 is 5.32 Å². The first kappa shape index (κ1) is 22.1. The summed E-state index contributed by atoms with van der Waals surface area (Å²) in [6.07, 6.45) is 0.716. The van der Waals surface area contributed by atoms with E-state index in [4.69, 9.17) is 0 Å². The maximum atomic E-state index is 13.1. The number of carbonyl (C=O) groups excluding carboxylic acids is 1. The van der Waals surface area contributed by atoms with Crippen molar-refractivity contribution in [3.8, 4) is 0 Å². The third-order valence-corrected chi connectivity index (χ3v) is 7.06. The summed E-state index contributed by atoms with van der Waals surface area (Å²) in [6.45, 7) is 2.29. The monoisotopic (exact) mass is 440 g/mol. The van der Waals surface area contributed by atoms with Crippen LogP contribution in [-0.2, 0) is 14.8 Å². The van der Waals surface area contributed by atoms with E-state index >= 15 is 0 Å². The highest BCUT2D eigenvalue weighted by atomic mass is 32.2. The number of rotatable bonds is 9. The zero-order valence-electron chi connectivity index (χ0n) is 16.6. The van der Waals surface area contributed by atoms with E-state index in [1.54, 1.807) is 12.1 Å². The summed E-state index contributed by atoms with van der Waals surface area (Å²) < 4.78 is 27.0. The van der Waals surface area contributed by atoms with Gasteiger partial charge in [0.15, 0.2) is 0 Å². The Labute approximate surface area is 182 Å². The number of carbonyl (C=O) groups is 1. The van der Waals surface area contributed by atoms with Crippen LogP contribution in [0.1, 0.15) is 24.2 Å². The molecule has 5 nitrogen and oxygen atoms in total. The minimum atomic E-state index is -3.53. The van der Waals surface area contributed by atoms with Gasteiger partial charge in [-0.3, -0.25) is 4.79 Å². The van der Waals surface area contributed by atoms with Crippen LogP contribution in [0.25, 0.3) is 0 Å². The van der Waals surface area contributed by atoms with Gasteiger partial charge in [-0.1, -0.05) is 55.5 Å². The van der Waals surface area contributed by atoms with Crippen molar-refractivity contribution in [2.24, 2.45) is 0 Å². The lowest BCUT2D eigenvalue weighted by Crippen LogP contribution is -2.24. The highest BCUT2D eigenvalue weighted by Crippen LogP contribution is 2.36. The summed E-state index contributed by atoms with van der Waals surface area (Å²) in [4.78, 5) is 14.2. The van der Waals surface area contributed by atoms with Gasteiger partial charge in [-0.05, 0) is 48.4 Å². The lowest BCUT2D eigenvalue weighted by atomic mass is 10.1. The van der Waals surface area contributed by atoms with Gasteiger partial charge in [0, 0.05) is 17.1 Å². The van der Waals surface area contributed by atoms with Gasteiger partial charge in [-0.15, -0.1) is 11.8 Å². The molecule has 2 N–H and O–H groups in total. The van der Waals surface area contributed by atoms with Gasteiger partial charge >= 0.3 is 0 Å². The van der Waals surface area contributed by atoms with Crippen LogP contribution in [0, 0.1) is 0 Å². The Morgan fingerprint density at radius 3 is 2.10 bits per heavy atom. The average molecular weight is 441 g/mol. The Kier molecular flexibility index (Phi) is 7.68. The topological polar surface area (TPSA) is 75.3 Å². The highest BCUT2D eigenvalue weighted by molar-refractivity contribution is 8.00. The fourth-order valence-corrected chi connectivity index (χ4v) is 4.96. The second kappa shape index (κ2) is 10.4. The third-order valence-electron chi connectivity index (χ3n) is 4.31. The van der Waals surface area contributed by atoms with Crippen molar-refractivity contribution in [3.63, 3.8) is 0 Å². The Morgan fingerprint density at radius 1 is 0.900 bits per heavy atom. The quantitative estimate of drug-likeness (QED) is 0.467. The molecule has 3 aromatic carbocycles. The van der Waals surface area contributed by atoms with Crippen LogP contribution in [0.4, 0.5) is 5.69 Å². The van der Waals surface area contributed by atoms with Crippen LogP contribution in [0.5, 0.6) is 0 Å². The molecule has 1 unspecified atom stereocenters. The molecule has 30 heavy (non-hydrogen) atoms. The molecule has 1 atom stereocenters. The van der Waals surface area contributed by atoms with Crippen molar-refractivity contribution >= 4 is 33.4 Å². The van der Waals surface area contributed by atoms with Crippen molar-refractivity contribution in [3.05, 3.63) is 90.5 Å². The summed E-state index contributed by atoms with van der Waals surface area (Å²) in [5.74, 6) is -0.172. The molecule has 0 bridgehead atoms. The number of benzene rings is 3. The van der Waals surface area contributed by atoms with E-state index in [-0.39, 0.29) is 10.8 Å². The fourth-order valence-electron chi connectivity index (χ4n) is 2.78. The first-order chi connectivity index (χ1) is 14.5. The molecule has 0 aromatic heterocycles. The standard InChI is InChI=1S/C23H24N2O3S2/c1-2-17-24-30(27,28)21-15-13-19(14-16-21)25-23(26)22(18-9-5-3-6-10-18)29-20-11-7-4-8-12-20/h3-16,22,24H,2,17H2,1H3,(H,25,26). The zero-order valence-corrected chi connectivity index (χ0v) is 18.2. The molecule has 0 radical (unpaired) electrons. The number of hydrogen-bond acceptors (Lipinski definition) is 4. The van der Waals surface area contributed by atoms with Crippen molar-refractivity contribution in [1.29, 1.82) is 0 Å². The molecule has 0 aliphatic heterocycles. The highest BCUT2D eigenvalue weighted by Gasteiger charge is 2.22. The molecule has 0 spiro atoms. The number of nitrogens with one attached hydrogen (secondary N) is 2. The van der Waals surface area contributed by atoms with Crippen molar-refractivity contribution in [1.82, 2.24) is 4.72 Å². The Hall–Kier alpha value is -2.61. The van der Waals surface area contributed by atoms with Gasteiger partial charge in [-0.2, -0.15) is 0 Å². The van der Waals surface area contributed by atoms with Crippen LogP contribution >= 0.6 is 11.8 Å². The van der Waals surface area contributed by atoms with E-state index in [0.29, 0.717) is 18.7 Å². The predicted molar refractivity (Wildman–Crippen MR) is 122 cm³/mol. The van der Waals surface area contributed by atoms with Crippen molar-refractivity contribution in [2.75, 3.05) is 11.9 Å². The molecule has 1 amide bonds. The van der Waals surface area contributed by atoms with Crippen LogP contribution in [0.2, 0.25) is 0 Å². The second-order valence-corrected chi connectivity index (χ2v) is 9.58. The Balaban J connectivity index is 1.77. The second-order valence-electron chi connectivity index (χ2n) is 6.63. The van der Waals surface area contributed by atoms with E-state index < -0.39 is 15.3 Å². The van der Waals surface area contributed by atoms with Crippen LogP contribution in [-0.4, -0.2) is 20.9 Å². The molecule has 7 heteroatoms. The fraction of sp³-hybridized carbons (Fsp3) is 0.174. The normalized spacial score (nSPS) is 12.3. The van der Waals surface area contributed by atoms with E-state index in [2.05, 4.69) is 10.0 Å². The third kappa shape index (κ3) is 5.95. The van der Waals surface area contributed by atoms with E-state index in [1.165, 1.54) is 23.9 Å². The minimum Gasteiger partial charge on any atom is -0.325 e. The molecule has 0 aliphatic rings. The molecule has 0 aliphatic carbocycles. The van der Waals surface area contributed by atoms with Crippen molar-refractivity contribution in [2.45, 2.75) is 28.4 Å². The van der Waals surface area contributed by atoms with E-state index in [0.717, 1.165) is 10.5 Å². The SMILES string of the molecule is CCCNS(=O)(=O)c1ccc(NC(=O)C(Sc2ccccc2)c2ccccc2)cc1. The Morgan fingerprint density at radius 2 is 1.50 bits per heavy atom. The van der Waals surface area contributed by atoms with Crippen molar-refractivity contribution < 1.29 is 13.2 Å². The lowest BCUT2D eigenvalue weighted by Gasteiger charge is -2.17. The minimum absolute atomic E-state index is 0.172. The van der Waals surface area contributed by atoms with Crippen LogP contribution in [0.3, 0.4) is 0 Å². The van der Waals surface area contributed by atoms with E-state index in [1.807, 2.05) is 67.6 Å².